The molecule has 17 heavy (non-hydrogen) atoms. The Hall–Kier alpha value is -1.31. The summed E-state index contributed by atoms with van der Waals surface area (Å²) in [5.41, 5.74) is 8.59. The molecular formula is C10H17N3O4. The molecule has 0 aliphatic carbocycles. The van der Waals surface area contributed by atoms with Crippen LogP contribution in [0.15, 0.2) is 0 Å². The molecule has 0 spiro atoms. The van der Waals surface area contributed by atoms with E-state index < -0.39 is 35.7 Å². The summed E-state index contributed by atoms with van der Waals surface area (Å²) < 4.78 is 0. The van der Waals surface area contributed by atoms with E-state index in [1.807, 2.05) is 5.32 Å². The molecule has 1 aliphatic heterocycles. The van der Waals surface area contributed by atoms with Gasteiger partial charge < -0.3 is 16.6 Å². The number of amides is 2. The number of ketones is 1. The van der Waals surface area contributed by atoms with Gasteiger partial charge in [-0.3, -0.25) is 19.7 Å². The number of nitrogens with one attached hydrogen (secondary N) is 1. The van der Waals surface area contributed by atoms with Crippen molar-refractivity contribution < 1.29 is 19.5 Å². The first-order chi connectivity index (χ1) is 7.91. The topological polar surface area (TPSA) is 136 Å². The third-order valence-electron chi connectivity index (χ3n) is 2.76. The molecule has 0 radical (unpaired) electrons. The zero-order valence-electron chi connectivity index (χ0n) is 9.44. The highest BCUT2D eigenvalue weighted by Gasteiger charge is 2.52. The smallest absolute Gasteiger partial charge is 0.266 e. The molecule has 0 saturated carbocycles. The van der Waals surface area contributed by atoms with E-state index in [2.05, 4.69) is 0 Å². The second-order valence-corrected chi connectivity index (χ2v) is 4.17. The van der Waals surface area contributed by atoms with Crippen molar-refractivity contribution in [3.05, 3.63) is 0 Å². The van der Waals surface area contributed by atoms with Crippen molar-refractivity contribution >= 4 is 17.6 Å². The molecule has 96 valence electrons. The second-order valence-electron chi connectivity index (χ2n) is 4.17. The Balaban J connectivity index is 2.62. The molecule has 0 aromatic rings. The lowest BCUT2D eigenvalue weighted by atomic mass is 9.89. The Morgan fingerprint density at radius 2 is 2.12 bits per heavy atom. The Morgan fingerprint density at radius 3 is 2.59 bits per heavy atom. The number of rotatable bonds is 6. The average molecular weight is 243 g/mol. The van der Waals surface area contributed by atoms with Crippen LogP contribution in [0, 0.1) is 0 Å². The molecule has 1 aliphatic rings. The first-order valence-corrected chi connectivity index (χ1v) is 5.48. The van der Waals surface area contributed by atoms with Gasteiger partial charge >= 0.3 is 0 Å². The summed E-state index contributed by atoms with van der Waals surface area (Å²) in [5.74, 6) is -2.46. The van der Waals surface area contributed by atoms with E-state index >= 15 is 0 Å². The molecule has 1 unspecified atom stereocenters. The van der Waals surface area contributed by atoms with Gasteiger partial charge in [-0.15, -0.1) is 0 Å². The maximum Gasteiger partial charge on any atom is 0.266 e. The zero-order valence-corrected chi connectivity index (χ0v) is 9.44. The van der Waals surface area contributed by atoms with Gasteiger partial charge in [0.25, 0.3) is 5.91 Å². The van der Waals surface area contributed by atoms with Gasteiger partial charge in [0, 0.05) is 0 Å². The fourth-order valence-electron chi connectivity index (χ4n) is 1.73. The Labute approximate surface area is 98.5 Å². The first-order valence-electron chi connectivity index (χ1n) is 5.48. The third-order valence-corrected chi connectivity index (χ3v) is 2.76. The monoisotopic (exact) mass is 243 g/mol. The van der Waals surface area contributed by atoms with Crippen molar-refractivity contribution in [1.29, 1.82) is 0 Å². The van der Waals surface area contributed by atoms with E-state index in [9.17, 15) is 19.5 Å². The summed E-state index contributed by atoms with van der Waals surface area (Å²) in [6, 6.07) is -0.955. The molecular weight excluding hydrogens is 226 g/mol. The van der Waals surface area contributed by atoms with Gasteiger partial charge in [-0.25, -0.2) is 0 Å². The van der Waals surface area contributed by atoms with Crippen LogP contribution in [0.1, 0.15) is 25.7 Å². The molecule has 7 nitrogen and oxygen atoms in total. The van der Waals surface area contributed by atoms with Gasteiger partial charge in [-0.2, -0.15) is 0 Å². The lowest BCUT2D eigenvalue weighted by molar-refractivity contribution is -0.149. The van der Waals surface area contributed by atoms with Crippen LogP contribution < -0.4 is 16.8 Å². The predicted octanol–water partition coefficient (Wildman–Crippen LogP) is -2.21. The molecule has 0 aromatic carbocycles. The van der Waals surface area contributed by atoms with Crippen LogP contribution in [0.4, 0.5) is 0 Å². The minimum atomic E-state index is -2.29. The van der Waals surface area contributed by atoms with Crippen molar-refractivity contribution in [3.63, 3.8) is 0 Å². The number of carbonyl (C=O) groups is 3. The van der Waals surface area contributed by atoms with E-state index in [-0.39, 0.29) is 0 Å². The molecule has 0 aromatic heterocycles. The summed E-state index contributed by atoms with van der Waals surface area (Å²) in [5, 5.41) is 11.7. The minimum Gasteiger partial charge on any atom is -0.373 e. The van der Waals surface area contributed by atoms with E-state index in [0.717, 1.165) is 0 Å². The number of unbranched alkanes of at least 4 members (excludes halogenated alkanes) is 1. The third kappa shape index (κ3) is 2.87. The molecule has 1 heterocycles. The van der Waals surface area contributed by atoms with Crippen molar-refractivity contribution in [3.8, 4) is 0 Å². The standard InChI is InChI=1S/C10H17N3O4/c11-4-2-1-3-6(12)8(15)10(17)5-7(14)13-9(10)16/h6,17H,1-5,11-12H2,(H,13,14,16)/t6-,10?/m0/s1. The first kappa shape index (κ1) is 13.8. The number of hydrogen-bond acceptors (Lipinski definition) is 6. The van der Waals surface area contributed by atoms with Crippen LogP contribution in [0.25, 0.3) is 0 Å². The summed E-state index contributed by atoms with van der Waals surface area (Å²) in [6.07, 6.45) is 1.13. The van der Waals surface area contributed by atoms with Gasteiger partial charge in [0.2, 0.25) is 11.5 Å². The van der Waals surface area contributed by atoms with Gasteiger partial charge in [0.1, 0.15) is 0 Å². The van der Waals surface area contributed by atoms with E-state index in [1.165, 1.54) is 0 Å². The number of aliphatic hydroxyl groups is 1. The number of imide groups is 1. The summed E-state index contributed by atoms with van der Waals surface area (Å²) in [6.45, 7) is 0.490. The van der Waals surface area contributed by atoms with E-state index in [1.54, 1.807) is 0 Å². The van der Waals surface area contributed by atoms with Gasteiger partial charge in [0.15, 0.2) is 5.78 Å². The SMILES string of the molecule is NCCCC[C@H](N)C(=O)C1(O)CC(=O)NC1=O. The quantitative estimate of drug-likeness (QED) is 0.237. The molecule has 7 heteroatoms. The molecule has 1 fully saturated rings. The van der Waals surface area contributed by atoms with E-state index in [4.69, 9.17) is 11.5 Å². The van der Waals surface area contributed by atoms with E-state index in [0.29, 0.717) is 25.8 Å². The Morgan fingerprint density at radius 1 is 1.47 bits per heavy atom. The van der Waals surface area contributed by atoms with Crippen molar-refractivity contribution in [2.45, 2.75) is 37.3 Å². The van der Waals surface area contributed by atoms with Gasteiger partial charge in [-0.1, -0.05) is 6.42 Å². The van der Waals surface area contributed by atoms with Crippen LogP contribution in [0.5, 0.6) is 0 Å². The highest BCUT2D eigenvalue weighted by molar-refractivity contribution is 6.21. The van der Waals surface area contributed by atoms with Gasteiger partial charge in [0.05, 0.1) is 12.5 Å². The fraction of sp³-hybridized carbons (Fsp3) is 0.700. The fourth-order valence-corrected chi connectivity index (χ4v) is 1.73. The van der Waals surface area contributed by atoms with Crippen molar-refractivity contribution in [1.82, 2.24) is 5.32 Å². The van der Waals surface area contributed by atoms with Crippen LogP contribution in [-0.4, -0.2) is 40.9 Å². The maximum atomic E-state index is 11.8. The maximum absolute atomic E-state index is 11.8. The summed E-state index contributed by atoms with van der Waals surface area (Å²) in [4.78, 5) is 34.1. The molecule has 1 rings (SSSR count). The highest BCUT2D eigenvalue weighted by Crippen LogP contribution is 2.20. The largest absolute Gasteiger partial charge is 0.373 e. The second kappa shape index (κ2) is 5.35. The predicted molar refractivity (Wildman–Crippen MR) is 58.6 cm³/mol. The lowest BCUT2D eigenvalue weighted by Crippen LogP contribution is -2.53. The lowest BCUT2D eigenvalue weighted by Gasteiger charge is -2.20. The molecule has 0 bridgehead atoms. The van der Waals surface area contributed by atoms with Crippen molar-refractivity contribution in [2.75, 3.05) is 6.54 Å². The number of Topliss-reactive ketones (excluding diaryl/α,β-unsaturated/α-hetero) is 1. The normalized spacial score (nSPS) is 25.8. The van der Waals surface area contributed by atoms with Crippen LogP contribution in [0.2, 0.25) is 0 Å². The highest BCUT2D eigenvalue weighted by atomic mass is 16.3. The Bertz CT molecular complexity index is 344. The molecule has 1 saturated heterocycles. The molecule has 2 atom stereocenters. The summed E-state index contributed by atoms with van der Waals surface area (Å²) >= 11 is 0. The summed E-state index contributed by atoms with van der Waals surface area (Å²) in [7, 11) is 0. The average Bonchev–Trinajstić information content (AvgIpc) is 2.53. The van der Waals surface area contributed by atoms with Crippen LogP contribution in [0.3, 0.4) is 0 Å². The number of hydrogen-bond donors (Lipinski definition) is 4. The number of nitrogens with two attached hydrogens (primary N) is 2. The van der Waals surface area contributed by atoms with Crippen LogP contribution >= 0.6 is 0 Å². The van der Waals surface area contributed by atoms with Crippen LogP contribution in [-0.2, 0) is 14.4 Å². The van der Waals surface area contributed by atoms with Gasteiger partial charge in [-0.05, 0) is 19.4 Å². The minimum absolute atomic E-state index is 0.333. The van der Waals surface area contributed by atoms with Crippen molar-refractivity contribution in [2.24, 2.45) is 11.5 Å². The zero-order chi connectivity index (χ0) is 13.1. The molecule has 2 amide bonds. The molecule has 6 N–H and O–H groups in total. The number of carbonyl (C=O) groups excluding carboxylic acids is 3. The Kier molecular flexibility index (Phi) is 4.33.